The van der Waals surface area contributed by atoms with Gasteiger partial charge in [0.2, 0.25) is 0 Å². The maximum absolute atomic E-state index is 9.23. The third kappa shape index (κ3) is 1.16. The summed E-state index contributed by atoms with van der Waals surface area (Å²) in [5, 5.41) is 11.0. The van der Waals surface area contributed by atoms with Crippen LogP contribution in [0.2, 0.25) is 0 Å². The second-order valence-corrected chi connectivity index (χ2v) is 4.15. The highest BCUT2D eigenvalue weighted by molar-refractivity contribution is 6.16. The van der Waals surface area contributed by atoms with E-state index < -0.39 is 0 Å². The topological polar surface area (TPSA) is 33.1 Å². The Morgan fingerprint density at radius 1 is 1.11 bits per heavy atom. The third-order valence-electron chi connectivity index (χ3n) is 3.28. The van der Waals surface area contributed by atoms with Crippen LogP contribution in [0.4, 0.5) is 5.69 Å². The molecule has 0 bridgehead atoms. The summed E-state index contributed by atoms with van der Waals surface area (Å²) in [7, 11) is 1.96. The Morgan fingerprint density at radius 3 is 2.44 bits per heavy atom. The smallest absolute Gasteiger partial charge is 0.197 e. The summed E-state index contributed by atoms with van der Waals surface area (Å²) in [6.45, 7) is 7.27. The predicted molar refractivity (Wildman–Crippen MR) is 71.4 cm³/mol. The lowest BCUT2D eigenvalue weighted by Crippen LogP contribution is -1.85. The number of hydrogen-bond donors (Lipinski definition) is 0. The quantitative estimate of drug-likeness (QED) is 0.542. The highest BCUT2D eigenvalue weighted by Crippen LogP contribution is 2.36. The van der Waals surface area contributed by atoms with E-state index >= 15 is 0 Å². The van der Waals surface area contributed by atoms with Crippen LogP contribution < -0.4 is 0 Å². The molecule has 1 aromatic heterocycles. The van der Waals surface area contributed by atoms with Crippen LogP contribution in [0.15, 0.2) is 36.4 Å². The zero-order chi connectivity index (χ0) is 12.7. The first kappa shape index (κ1) is 10.4. The lowest BCUT2D eigenvalue weighted by Gasteiger charge is -1.97. The van der Waals surface area contributed by atoms with Crippen molar-refractivity contribution in [3.8, 4) is 6.07 Å². The van der Waals surface area contributed by atoms with Gasteiger partial charge < -0.3 is 4.57 Å². The van der Waals surface area contributed by atoms with Gasteiger partial charge in [-0.25, -0.2) is 4.85 Å². The normalized spacial score (nSPS) is 10.4. The minimum absolute atomic E-state index is 0.598. The Bertz CT molecular complexity index is 786. The predicted octanol–water partition coefficient (Wildman–Crippen LogP) is 3.75. The summed E-state index contributed by atoms with van der Waals surface area (Å²) in [5.74, 6) is 0. The van der Waals surface area contributed by atoms with E-state index in [1.54, 1.807) is 12.1 Å². The van der Waals surface area contributed by atoms with Crippen LogP contribution in [0.1, 0.15) is 5.56 Å². The average Bonchev–Trinajstić information content (AvgIpc) is 2.73. The lowest BCUT2D eigenvalue weighted by atomic mass is 10.1. The molecule has 0 atom stereocenters. The summed E-state index contributed by atoms with van der Waals surface area (Å²) in [5.41, 5.74) is 3.19. The van der Waals surface area contributed by atoms with Crippen LogP contribution in [0.5, 0.6) is 0 Å². The molecule has 2 aromatic carbocycles. The van der Waals surface area contributed by atoms with E-state index in [1.807, 2.05) is 35.9 Å². The maximum atomic E-state index is 9.23. The van der Waals surface area contributed by atoms with Gasteiger partial charge in [-0.1, -0.05) is 18.2 Å². The van der Waals surface area contributed by atoms with Crippen molar-refractivity contribution in [3.05, 3.63) is 53.4 Å². The Balaban J connectivity index is 2.73. The van der Waals surface area contributed by atoms with Crippen LogP contribution in [-0.2, 0) is 7.05 Å². The van der Waals surface area contributed by atoms with Crippen molar-refractivity contribution in [2.75, 3.05) is 0 Å². The van der Waals surface area contributed by atoms with Crippen molar-refractivity contribution in [1.82, 2.24) is 4.57 Å². The molecule has 3 nitrogen and oxygen atoms in total. The van der Waals surface area contributed by atoms with Crippen molar-refractivity contribution < 1.29 is 0 Å². The monoisotopic (exact) mass is 231 g/mol. The van der Waals surface area contributed by atoms with Gasteiger partial charge in [-0.2, -0.15) is 5.26 Å². The standard InChI is InChI=1S/C15H9N3/c1-17-11-6-4-8-13-15(11)14-10(9-16)5-3-7-12(14)18(13)2/h3-8H,2H3. The van der Waals surface area contributed by atoms with Gasteiger partial charge in [0.25, 0.3) is 0 Å². The minimum atomic E-state index is 0.598. The second-order valence-electron chi connectivity index (χ2n) is 4.15. The molecule has 1 heterocycles. The zero-order valence-corrected chi connectivity index (χ0v) is 9.81. The molecule has 0 fully saturated rings. The van der Waals surface area contributed by atoms with Gasteiger partial charge in [-0.3, -0.25) is 0 Å². The van der Waals surface area contributed by atoms with E-state index in [0.717, 1.165) is 21.8 Å². The summed E-state index contributed by atoms with van der Waals surface area (Å²) >= 11 is 0. The summed E-state index contributed by atoms with van der Waals surface area (Å²) < 4.78 is 2.03. The summed E-state index contributed by atoms with van der Waals surface area (Å²) in [4.78, 5) is 3.56. The van der Waals surface area contributed by atoms with Gasteiger partial charge in [-0.05, 0) is 18.2 Å². The van der Waals surface area contributed by atoms with Gasteiger partial charge in [0.15, 0.2) is 5.69 Å². The van der Waals surface area contributed by atoms with E-state index in [-0.39, 0.29) is 0 Å². The number of fused-ring (bicyclic) bond motifs is 3. The fourth-order valence-corrected chi connectivity index (χ4v) is 2.46. The molecule has 0 saturated heterocycles. The highest BCUT2D eigenvalue weighted by atomic mass is 14.9. The lowest BCUT2D eigenvalue weighted by molar-refractivity contribution is 1.01. The fraction of sp³-hybridized carbons (Fsp3) is 0.0667. The highest BCUT2D eigenvalue weighted by Gasteiger charge is 2.14. The van der Waals surface area contributed by atoms with Gasteiger partial charge in [0, 0.05) is 28.9 Å². The number of aryl methyl sites for hydroxylation is 1. The molecular formula is C15H9N3. The van der Waals surface area contributed by atoms with Crippen LogP contribution in [-0.4, -0.2) is 4.57 Å². The molecule has 0 N–H and O–H groups in total. The van der Waals surface area contributed by atoms with E-state index in [4.69, 9.17) is 6.57 Å². The van der Waals surface area contributed by atoms with Gasteiger partial charge in [0.1, 0.15) is 0 Å². The third-order valence-corrected chi connectivity index (χ3v) is 3.28. The van der Waals surface area contributed by atoms with Crippen molar-refractivity contribution >= 4 is 27.5 Å². The molecule has 0 saturated carbocycles. The Kier molecular flexibility index (Phi) is 2.08. The van der Waals surface area contributed by atoms with Crippen molar-refractivity contribution in [1.29, 1.82) is 5.26 Å². The summed E-state index contributed by atoms with van der Waals surface area (Å²) in [6.07, 6.45) is 0. The van der Waals surface area contributed by atoms with E-state index in [0.29, 0.717) is 11.3 Å². The molecule has 0 aliphatic carbocycles. The first-order valence-electron chi connectivity index (χ1n) is 5.55. The molecule has 0 aliphatic rings. The molecule has 3 aromatic rings. The Hall–Kier alpha value is -2.78. The van der Waals surface area contributed by atoms with Crippen LogP contribution in [0, 0.1) is 17.9 Å². The molecule has 0 amide bonds. The molecular weight excluding hydrogens is 222 g/mol. The average molecular weight is 231 g/mol. The Labute approximate surface area is 104 Å². The fourth-order valence-electron chi connectivity index (χ4n) is 2.46. The molecule has 0 radical (unpaired) electrons. The van der Waals surface area contributed by atoms with E-state index in [1.165, 1.54) is 0 Å². The van der Waals surface area contributed by atoms with Gasteiger partial charge >= 0.3 is 0 Å². The number of hydrogen-bond acceptors (Lipinski definition) is 1. The first-order valence-corrected chi connectivity index (χ1v) is 5.55. The minimum Gasteiger partial charge on any atom is -0.345 e. The van der Waals surface area contributed by atoms with Crippen LogP contribution >= 0.6 is 0 Å². The number of nitriles is 1. The van der Waals surface area contributed by atoms with Crippen molar-refractivity contribution in [2.45, 2.75) is 0 Å². The van der Waals surface area contributed by atoms with E-state index in [2.05, 4.69) is 10.9 Å². The zero-order valence-electron chi connectivity index (χ0n) is 9.81. The van der Waals surface area contributed by atoms with Gasteiger partial charge in [0.05, 0.1) is 18.2 Å². The largest absolute Gasteiger partial charge is 0.345 e. The number of aromatic nitrogens is 1. The van der Waals surface area contributed by atoms with Gasteiger partial charge in [-0.15, -0.1) is 0 Å². The molecule has 3 rings (SSSR count). The summed E-state index contributed by atoms with van der Waals surface area (Å²) in [6, 6.07) is 13.5. The van der Waals surface area contributed by atoms with Crippen molar-refractivity contribution in [2.24, 2.45) is 7.05 Å². The molecule has 84 valence electrons. The number of benzene rings is 2. The molecule has 3 heteroatoms. The SMILES string of the molecule is [C-]#[N+]c1cccc2c1c1c(C#N)cccc1n2C. The maximum Gasteiger partial charge on any atom is 0.197 e. The number of rotatable bonds is 0. The van der Waals surface area contributed by atoms with E-state index in [9.17, 15) is 5.26 Å². The Morgan fingerprint density at radius 2 is 1.78 bits per heavy atom. The molecule has 18 heavy (non-hydrogen) atoms. The molecule has 0 unspecified atom stereocenters. The molecule has 0 aliphatic heterocycles. The number of nitrogens with zero attached hydrogens (tertiary/aromatic N) is 3. The first-order chi connectivity index (χ1) is 8.77. The van der Waals surface area contributed by atoms with Crippen LogP contribution in [0.25, 0.3) is 26.7 Å². The van der Waals surface area contributed by atoms with Crippen LogP contribution in [0.3, 0.4) is 0 Å². The van der Waals surface area contributed by atoms with Crippen molar-refractivity contribution in [3.63, 3.8) is 0 Å². The molecule has 0 spiro atoms. The second kappa shape index (κ2) is 3.61.